The van der Waals surface area contributed by atoms with Crippen LogP contribution < -0.4 is 5.32 Å². The van der Waals surface area contributed by atoms with Crippen LogP contribution in [0.2, 0.25) is 0 Å². The van der Waals surface area contributed by atoms with E-state index < -0.39 is 5.95 Å². The predicted octanol–water partition coefficient (Wildman–Crippen LogP) is 1.57. The van der Waals surface area contributed by atoms with Gasteiger partial charge in [-0.25, -0.2) is 4.98 Å². The molecule has 15 heavy (non-hydrogen) atoms. The number of hydrogen-bond acceptors (Lipinski definition) is 3. The highest BCUT2D eigenvalue weighted by atomic mass is 19.1. The van der Waals surface area contributed by atoms with E-state index in [-0.39, 0.29) is 0 Å². The average molecular weight is 206 g/mol. The van der Waals surface area contributed by atoms with E-state index in [4.69, 9.17) is 0 Å². The Morgan fingerprint density at radius 1 is 1.47 bits per heavy atom. The van der Waals surface area contributed by atoms with Gasteiger partial charge < -0.3 is 5.32 Å². The van der Waals surface area contributed by atoms with E-state index in [2.05, 4.69) is 15.4 Å². The normalized spacial score (nSPS) is 10.3. The molecule has 0 aliphatic heterocycles. The highest BCUT2D eigenvalue weighted by Gasteiger charge is 1.98. The molecule has 2 heterocycles. The van der Waals surface area contributed by atoms with Crippen LogP contribution in [0.1, 0.15) is 5.69 Å². The van der Waals surface area contributed by atoms with Crippen LogP contribution in [0.25, 0.3) is 0 Å². The van der Waals surface area contributed by atoms with Crippen molar-refractivity contribution in [3.05, 3.63) is 42.2 Å². The number of rotatable bonds is 3. The van der Waals surface area contributed by atoms with E-state index in [0.29, 0.717) is 12.2 Å². The van der Waals surface area contributed by atoms with Gasteiger partial charge in [0, 0.05) is 31.2 Å². The van der Waals surface area contributed by atoms with E-state index in [0.717, 1.165) is 5.69 Å². The smallest absolute Gasteiger partial charge is 0.214 e. The molecule has 5 heteroatoms. The van der Waals surface area contributed by atoms with Crippen LogP contribution in [0.5, 0.6) is 0 Å². The molecule has 0 aliphatic carbocycles. The second kappa shape index (κ2) is 4.08. The highest BCUT2D eigenvalue weighted by Crippen LogP contribution is 2.08. The Bertz CT molecular complexity index is 452. The van der Waals surface area contributed by atoms with Crippen molar-refractivity contribution in [2.75, 3.05) is 5.32 Å². The van der Waals surface area contributed by atoms with E-state index in [9.17, 15) is 4.39 Å². The van der Waals surface area contributed by atoms with Gasteiger partial charge in [0.2, 0.25) is 5.95 Å². The third-order valence-corrected chi connectivity index (χ3v) is 1.97. The lowest BCUT2D eigenvalue weighted by Crippen LogP contribution is -2.01. The van der Waals surface area contributed by atoms with Crippen LogP contribution in [0.15, 0.2) is 30.6 Å². The largest absolute Gasteiger partial charge is 0.379 e. The second-order valence-electron chi connectivity index (χ2n) is 3.20. The van der Waals surface area contributed by atoms with Crippen LogP contribution >= 0.6 is 0 Å². The van der Waals surface area contributed by atoms with Gasteiger partial charge in [-0.2, -0.15) is 9.49 Å². The van der Waals surface area contributed by atoms with Gasteiger partial charge in [-0.15, -0.1) is 0 Å². The summed E-state index contributed by atoms with van der Waals surface area (Å²) in [6.45, 7) is 0.574. The van der Waals surface area contributed by atoms with E-state index in [1.165, 1.54) is 12.3 Å². The molecule has 0 amide bonds. The second-order valence-corrected chi connectivity index (χ2v) is 3.20. The number of aryl methyl sites for hydroxylation is 1. The Balaban J connectivity index is 1.99. The van der Waals surface area contributed by atoms with Gasteiger partial charge in [0.15, 0.2) is 0 Å². The van der Waals surface area contributed by atoms with Gasteiger partial charge in [0.1, 0.15) is 0 Å². The number of anilines is 1. The first-order valence-corrected chi connectivity index (χ1v) is 4.58. The molecule has 0 aliphatic rings. The van der Waals surface area contributed by atoms with Crippen LogP contribution in [-0.4, -0.2) is 14.8 Å². The van der Waals surface area contributed by atoms with Crippen molar-refractivity contribution in [2.45, 2.75) is 6.54 Å². The maximum Gasteiger partial charge on any atom is 0.214 e. The van der Waals surface area contributed by atoms with Crippen LogP contribution in [0.3, 0.4) is 0 Å². The number of nitrogens with one attached hydrogen (secondary N) is 1. The Morgan fingerprint density at radius 2 is 2.33 bits per heavy atom. The fraction of sp³-hybridized carbons (Fsp3) is 0.200. The molecule has 0 aromatic carbocycles. The van der Waals surface area contributed by atoms with Gasteiger partial charge in [-0.05, 0) is 12.1 Å². The number of nitrogens with zero attached hydrogens (tertiary/aromatic N) is 3. The SMILES string of the molecule is Cn1ccc(CNc2ccnc(F)c2)n1. The molecular weight excluding hydrogens is 195 g/mol. The number of aromatic nitrogens is 3. The van der Waals surface area contributed by atoms with Crippen LogP contribution in [-0.2, 0) is 13.6 Å². The molecule has 2 aromatic heterocycles. The first-order valence-electron chi connectivity index (χ1n) is 4.58. The van der Waals surface area contributed by atoms with Crippen molar-refractivity contribution >= 4 is 5.69 Å². The fourth-order valence-corrected chi connectivity index (χ4v) is 1.26. The molecule has 2 rings (SSSR count). The van der Waals surface area contributed by atoms with Gasteiger partial charge in [0.05, 0.1) is 12.2 Å². The molecule has 0 bridgehead atoms. The van der Waals surface area contributed by atoms with Gasteiger partial charge in [-0.1, -0.05) is 0 Å². The van der Waals surface area contributed by atoms with E-state index >= 15 is 0 Å². The summed E-state index contributed by atoms with van der Waals surface area (Å²) in [5.74, 6) is -0.485. The summed E-state index contributed by atoms with van der Waals surface area (Å²) < 4.78 is 14.5. The molecule has 2 aromatic rings. The molecule has 0 saturated carbocycles. The molecule has 0 spiro atoms. The molecule has 0 unspecified atom stereocenters. The Kier molecular flexibility index (Phi) is 2.62. The van der Waals surface area contributed by atoms with Crippen molar-refractivity contribution in [1.82, 2.24) is 14.8 Å². The van der Waals surface area contributed by atoms with Crippen molar-refractivity contribution in [1.29, 1.82) is 0 Å². The minimum atomic E-state index is -0.485. The number of hydrogen-bond donors (Lipinski definition) is 1. The molecule has 78 valence electrons. The molecule has 0 radical (unpaired) electrons. The summed E-state index contributed by atoms with van der Waals surface area (Å²) in [6.07, 6.45) is 3.29. The monoisotopic (exact) mass is 206 g/mol. The summed E-state index contributed by atoms with van der Waals surface area (Å²) in [5.41, 5.74) is 1.61. The van der Waals surface area contributed by atoms with Crippen molar-refractivity contribution in [3.8, 4) is 0 Å². The third-order valence-electron chi connectivity index (χ3n) is 1.97. The average Bonchev–Trinajstić information content (AvgIpc) is 2.62. The van der Waals surface area contributed by atoms with E-state index in [1.807, 2.05) is 19.3 Å². The predicted molar refractivity (Wildman–Crippen MR) is 54.7 cm³/mol. The van der Waals surface area contributed by atoms with Gasteiger partial charge in [-0.3, -0.25) is 4.68 Å². The number of halogens is 1. The summed E-state index contributed by atoms with van der Waals surface area (Å²) in [7, 11) is 1.86. The summed E-state index contributed by atoms with van der Waals surface area (Å²) in [5, 5.41) is 7.25. The Morgan fingerprint density at radius 3 is 3.00 bits per heavy atom. The van der Waals surface area contributed by atoms with Crippen molar-refractivity contribution in [3.63, 3.8) is 0 Å². The summed E-state index contributed by atoms with van der Waals surface area (Å²) >= 11 is 0. The standard InChI is InChI=1S/C10H11FN4/c1-15-5-3-9(14-15)7-13-8-2-4-12-10(11)6-8/h2-6H,7H2,1H3,(H,12,13). The maximum atomic E-state index is 12.7. The van der Waals surface area contributed by atoms with Gasteiger partial charge in [0.25, 0.3) is 0 Å². The lowest BCUT2D eigenvalue weighted by Gasteiger charge is -2.03. The molecule has 0 fully saturated rings. The molecular formula is C10H11FN4. The highest BCUT2D eigenvalue weighted by molar-refractivity contribution is 5.41. The number of pyridine rings is 1. The Hall–Kier alpha value is -1.91. The maximum absolute atomic E-state index is 12.7. The molecule has 4 nitrogen and oxygen atoms in total. The summed E-state index contributed by atoms with van der Waals surface area (Å²) in [6, 6.07) is 4.97. The van der Waals surface area contributed by atoms with Crippen molar-refractivity contribution < 1.29 is 4.39 Å². The zero-order chi connectivity index (χ0) is 10.7. The topological polar surface area (TPSA) is 42.7 Å². The quantitative estimate of drug-likeness (QED) is 0.775. The lowest BCUT2D eigenvalue weighted by molar-refractivity contribution is 0.584. The first kappa shape index (κ1) is 9.64. The van der Waals surface area contributed by atoms with Crippen LogP contribution in [0.4, 0.5) is 10.1 Å². The minimum Gasteiger partial charge on any atom is -0.379 e. The molecule has 0 saturated heterocycles. The van der Waals surface area contributed by atoms with Gasteiger partial charge >= 0.3 is 0 Å². The van der Waals surface area contributed by atoms with Crippen molar-refractivity contribution in [2.24, 2.45) is 7.05 Å². The lowest BCUT2D eigenvalue weighted by atomic mass is 10.3. The fourth-order valence-electron chi connectivity index (χ4n) is 1.26. The van der Waals surface area contributed by atoms with Crippen LogP contribution in [0, 0.1) is 5.95 Å². The summed E-state index contributed by atoms with van der Waals surface area (Å²) in [4.78, 5) is 3.47. The van der Waals surface area contributed by atoms with E-state index in [1.54, 1.807) is 10.7 Å². The molecule has 1 N–H and O–H groups in total. The zero-order valence-electron chi connectivity index (χ0n) is 8.31. The minimum absolute atomic E-state index is 0.485. The zero-order valence-corrected chi connectivity index (χ0v) is 8.31. The Labute approximate surface area is 86.8 Å². The first-order chi connectivity index (χ1) is 7.24. The third kappa shape index (κ3) is 2.52. The molecule has 0 atom stereocenters.